The number of thiophene rings is 3. The van der Waals surface area contributed by atoms with E-state index in [2.05, 4.69) is 164 Å². The monoisotopic (exact) mass is 746 g/mol. The molecule has 0 spiro atoms. The van der Waals surface area contributed by atoms with Crippen molar-refractivity contribution in [2.45, 2.75) is 11.8 Å². The molecule has 5 aromatic heterocycles. The van der Waals surface area contributed by atoms with Gasteiger partial charge in [-0.2, -0.15) is 0 Å². The number of anilines is 10. The number of hydrogen-bond donors (Lipinski definition) is 0. The van der Waals surface area contributed by atoms with Crippen LogP contribution in [0.5, 0.6) is 0 Å². The molecule has 2 aliphatic heterocycles. The largest absolute Gasteiger partial charge is 0.320 e. The van der Waals surface area contributed by atoms with Crippen LogP contribution in [0.2, 0.25) is 0 Å². The van der Waals surface area contributed by atoms with Crippen LogP contribution >= 0.6 is 45.8 Å². The summed E-state index contributed by atoms with van der Waals surface area (Å²) in [6.45, 7) is 0. The van der Waals surface area contributed by atoms with Crippen LogP contribution in [0, 0.1) is 0 Å². The molecule has 7 heterocycles. The first-order chi connectivity index (χ1) is 25.8. The maximum atomic E-state index is 4.85. The average Bonchev–Trinajstić information content (AvgIpc) is 4.04. The highest BCUT2D eigenvalue weighted by atomic mass is 32.2. The summed E-state index contributed by atoms with van der Waals surface area (Å²) in [7, 11) is 0. The molecule has 10 rings (SSSR count). The highest BCUT2D eigenvalue weighted by Gasteiger charge is 2.33. The van der Waals surface area contributed by atoms with Crippen molar-refractivity contribution in [3.8, 4) is 0 Å². The number of para-hydroxylation sites is 3. The fourth-order valence-corrected chi connectivity index (χ4v) is 11.6. The van der Waals surface area contributed by atoms with Crippen molar-refractivity contribution in [3.05, 3.63) is 169 Å². The number of thioether (sulfide) groups is 1. The summed E-state index contributed by atoms with van der Waals surface area (Å²) in [5, 5.41) is 8.24. The zero-order chi connectivity index (χ0) is 34.4. The topological polar surface area (TPSA) is 38.7 Å². The van der Waals surface area contributed by atoms with Crippen molar-refractivity contribution in [2.24, 2.45) is 0 Å². The molecule has 0 saturated heterocycles. The minimum absolute atomic E-state index is 0.161. The second kappa shape index (κ2) is 13.3. The summed E-state index contributed by atoms with van der Waals surface area (Å²) in [4.78, 5) is 19.2. The molecule has 0 saturated carbocycles. The van der Waals surface area contributed by atoms with Gasteiger partial charge in [0.15, 0.2) is 0 Å². The Kier molecular flexibility index (Phi) is 8.02. The van der Waals surface area contributed by atoms with Gasteiger partial charge in [0.2, 0.25) is 0 Å². The number of benzene rings is 3. The molecule has 0 N–H and O–H groups in total. The highest BCUT2D eigenvalue weighted by molar-refractivity contribution is 8.04. The lowest BCUT2D eigenvalue weighted by molar-refractivity contribution is 0.900. The van der Waals surface area contributed by atoms with Crippen LogP contribution in [-0.4, -0.2) is 15.3 Å². The van der Waals surface area contributed by atoms with Gasteiger partial charge in [-0.15, -0.1) is 0 Å². The van der Waals surface area contributed by atoms with Crippen LogP contribution in [0.15, 0.2) is 169 Å². The second-order valence-electron chi connectivity index (χ2n) is 12.3. The Morgan fingerprint density at radius 2 is 1.00 bits per heavy atom. The van der Waals surface area contributed by atoms with Gasteiger partial charge in [-0.1, -0.05) is 106 Å². The Hall–Kier alpha value is -5.39. The molecule has 0 amide bonds. The van der Waals surface area contributed by atoms with Gasteiger partial charge in [-0.3, -0.25) is 24.7 Å². The van der Waals surface area contributed by atoms with Crippen molar-refractivity contribution < 1.29 is 0 Å². The minimum Gasteiger partial charge on any atom is -0.320 e. The lowest BCUT2D eigenvalue weighted by Gasteiger charge is -2.31. The third kappa shape index (κ3) is 5.55. The van der Waals surface area contributed by atoms with E-state index >= 15 is 0 Å². The van der Waals surface area contributed by atoms with Gasteiger partial charge < -0.3 is 4.90 Å². The normalized spacial score (nSPS) is 15.7. The molecule has 0 radical (unpaired) electrons. The summed E-state index contributed by atoms with van der Waals surface area (Å²) in [5.41, 5.74) is 6.18. The van der Waals surface area contributed by atoms with E-state index in [4.69, 9.17) is 4.98 Å². The molecule has 6 nitrogen and oxygen atoms in total. The van der Waals surface area contributed by atoms with E-state index in [0.29, 0.717) is 0 Å². The second-order valence-corrected chi connectivity index (χ2v) is 16.6. The number of hydrogen-bond acceptors (Lipinski definition) is 10. The van der Waals surface area contributed by atoms with E-state index in [1.54, 1.807) is 22.7 Å². The van der Waals surface area contributed by atoms with E-state index in [1.807, 2.05) is 47.6 Å². The number of aromatic nitrogens is 2. The lowest BCUT2D eigenvalue weighted by Crippen LogP contribution is -2.26. The van der Waals surface area contributed by atoms with E-state index < -0.39 is 0 Å². The number of pyridine rings is 2. The first-order valence-corrected chi connectivity index (χ1v) is 20.3. The number of fused-ring (bicyclic) bond motifs is 9. The maximum Gasteiger partial charge on any atom is 0.113 e. The van der Waals surface area contributed by atoms with Gasteiger partial charge in [0.1, 0.15) is 30.5 Å². The van der Waals surface area contributed by atoms with E-state index in [9.17, 15) is 0 Å². The summed E-state index contributed by atoms with van der Waals surface area (Å²) in [5.74, 6) is 0. The first kappa shape index (κ1) is 31.4. The molecule has 8 aromatic rings. The lowest BCUT2D eigenvalue weighted by atomic mass is 10.2. The Bertz CT molecular complexity index is 2520. The van der Waals surface area contributed by atoms with Gasteiger partial charge in [-0.05, 0) is 97.4 Å². The summed E-state index contributed by atoms with van der Waals surface area (Å²) in [6, 6.07) is 51.8. The molecule has 1 atom stereocenters. The van der Waals surface area contributed by atoms with Gasteiger partial charge in [0, 0.05) is 29.5 Å². The molecule has 2 aliphatic rings. The van der Waals surface area contributed by atoms with Crippen molar-refractivity contribution in [1.29, 1.82) is 0 Å². The van der Waals surface area contributed by atoms with Crippen LogP contribution < -0.4 is 19.6 Å². The predicted molar refractivity (Wildman–Crippen MR) is 224 cm³/mol. The molecule has 3 aromatic carbocycles. The Labute approximate surface area is 318 Å². The molecule has 8 bridgehead atoms. The quantitative estimate of drug-likeness (QED) is 0.178. The van der Waals surface area contributed by atoms with E-state index in [-0.39, 0.29) is 5.37 Å². The van der Waals surface area contributed by atoms with Gasteiger partial charge >= 0.3 is 0 Å². The Balaban J connectivity index is 1.21. The fraction of sp³-hybridized carbons (Fsp3) is 0.0476. The van der Waals surface area contributed by atoms with E-state index in [0.717, 1.165) is 54.5 Å². The Morgan fingerprint density at radius 1 is 0.462 bits per heavy atom. The van der Waals surface area contributed by atoms with Crippen LogP contribution in [0.1, 0.15) is 6.42 Å². The molecular weight excluding hydrogens is 717 g/mol. The summed E-state index contributed by atoms with van der Waals surface area (Å²) in [6.07, 6.45) is 7.05. The van der Waals surface area contributed by atoms with Crippen molar-refractivity contribution in [3.63, 3.8) is 0 Å². The number of nitrogens with zero attached hydrogens (tertiary/aromatic N) is 6. The Morgan fingerprint density at radius 3 is 1.65 bits per heavy atom. The van der Waals surface area contributed by atoms with Crippen LogP contribution in [0.4, 0.5) is 52.8 Å². The van der Waals surface area contributed by atoms with Crippen molar-refractivity contribution in [1.82, 2.24) is 9.97 Å². The zero-order valence-corrected chi connectivity index (χ0v) is 31.0. The smallest absolute Gasteiger partial charge is 0.113 e. The van der Waals surface area contributed by atoms with Crippen LogP contribution in [0.3, 0.4) is 0 Å². The third-order valence-corrected chi connectivity index (χ3v) is 13.6. The standard InChI is InChI=1S/C42H30N6S4/c1-4-11-29(12-5-1)45-34-18-20-36(49-34)46(30-13-6-2-7-14-30)38-22-24-40(51-38)48(33-26-28-43-32-17-10-27-44-42(32)33)41-25-23-39(52-41)47(31-15-8-3-9-16-31)37-21-19-35(45)50-37/h1-20,22-28,37H,21H2. The average molecular weight is 747 g/mol. The molecule has 252 valence electrons. The van der Waals surface area contributed by atoms with Gasteiger partial charge in [0.25, 0.3) is 0 Å². The number of rotatable bonds is 4. The minimum atomic E-state index is 0.161. The van der Waals surface area contributed by atoms with E-state index in [1.165, 1.54) is 20.7 Å². The van der Waals surface area contributed by atoms with Gasteiger partial charge in [-0.25, -0.2) is 0 Å². The summed E-state index contributed by atoms with van der Waals surface area (Å²) >= 11 is 7.31. The predicted octanol–water partition coefficient (Wildman–Crippen LogP) is 13.3. The van der Waals surface area contributed by atoms with Crippen LogP contribution in [0.25, 0.3) is 11.0 Å². The maximum absolute atomic E-state index is 4.85. The molecule has 1 unspecified atom stereocenters. The zero-order valence-electron chi connectivity index (χ0n) is 27.7. The first-order valence-electron chi connectivity index (χ1n) is 17.0. The summed E-state index contributed by atoms with van der Waals surface area (Å²) < 4.78 is 0. The molecule has 10 heteroatoms. The van der Waals surface area contributed by atoms with Crippen LogP contribution in [-0.2, 0) is 0 Å². The molecule has 0 aliphatic carbocycles. The SMILES string of the molecule is C1=C2SC(C1)N(c1ccccc1)c1ccc(s1)N(c1ccnc3cccnc13)c1ccc(s1)N(c1ccccc1)c1ccc(s1)N2c1ccccc1. The van der Waals surface area contributed by atoms with Gasteiger partial charge in [0.05, 0.1) is 26.6 Å². The van der Waals surface area contributed by atoms with Crippen molar-refractivity contribution in [2.75, 3.05) is 19.6 Å². The molecular formula is C42H30N6S4. The fourth-order valence-electron chi connectivity index (χ4n) is 6.82. The van der Waals surface area contributed by atoms with Crippen molar-refractivity contribution >= 4 is 110 Å². The third-order valence-electron chi connectivity index (χ3n) is 9.11. The molecule has 52 heavy (non-hydrogen) atoms. The molecule has 0 fully saturated rings. The highest BCUT2D eigenvalue weighted by Crippen LogP contribution is 2.54.